The SMILES string of the molecule is CNc1cc2[nH]c(=O)n(-c3ccc(N(C(=O)NN)S(=O)(=O)c4ccc(Cl)s4)cc3)c(=O)c2cc1F. The van der Waals surface area contributed by atoms with Gasteiger partial charge >= 0.3 is 11.7 Å². The van der Waals surface area contributed by atoms with Crippen LogP contribution in [0.2, 0.25) is 4.34 Å². The van der Waals surface area contributed by atoms with Gasteiger partial charge in [0.25, 0.3) is 15.6 Å². The van der Waals surface area contributed by atoms with Crippen LogP contribution in [0.25, 0.3) is 16.6 Å². The number of anilines is 2. The van der Waals surface area contributed by atoms with Crippen LogP contribution in [0.5, 0.6) is 0 Å². The summed E-state index contributed by atoms with van der Waals surface area (Å²) in [6.45, 7) is 0. The number of nitrogens with two attached hydrogens (primary N) is 1. The maximum absolute atomic E-state index is 14.2. The van der Waals surface area contributed by atoms with E-state index < -0.39 is 33.1 Å². The second kappa shape index (κ2) is 9.14. The first-order valence-electron chi connectivity index (χ1n) is 9.66. The predicted octanol–water partition coefficient (Wildman–Crippen LogP) is 2.35. The molecule has 0 spiro atoms. The highest BCUT2D eigenvalue weighted by atomic mass is 35.5. The molecule has 15 heteroatoms. The molecule has 0 saturated carbocycles. The number of rotatable bonds is 5. The molecule has 2 heterocycles. The number of hydrazine groups is 1. The molecule has 0 atom stereocenters. The number of hydrogen-bond acceptors (Lipinski definition) is 8. The van der Waals surface area contributed by atoms with E-state index in [9.17, 15) is 27.2 Å². The number of urea groups is 1. The third-order valence-electron chi connectivity index (χ3n) is 4.95. The molecule has 0 aliphatic heterocycles. The van der Waals surface area contributed by atoms with Crippen LogP contribution < -0.4 is 32.1 Å². The number of fused-ring (bicyclic) bond motifs is 1. The quantitative estimate of drug-likeness (QED) is 0.172. The number of H-pyrrole nitrogens is 1. The summed E-state index contributed by atoms with van der Waals surface area (Å²) >= 11 is 6.58. The Balaban J connectivity index is 1.82. The van der Waals surface area contributed by atoms with Gasteiger partial charge in [-0.05, 0) is 48.5 Å². The first kappa shape index (κ1) is 24.4. The van der Waals surface area contributed by atoms with Gasteiger partial charge in [0.1, 0.15) is 10.0 Å². The van der Waals surface area contributed by atoms with Crippen molar-refractivity contribution in [1.82, 2.24) is 15.0 Å². The fourth-order valence-electron chi connectivity index (χ4n) is 3.35. The van der Waals surface area contributed by atoms with Crippen LogP contribution in [0.15, 0.2) is 62.3 Å². The van der Waals surface area contributed by atoms with Crippen LogP contribution in [-0.2, 0) is 10.0 Å². The minimum absolute atomic E-state index is 0.0460. The Bertz CT molecular complexity index is 1680. The van der Waals surface area contributed by atoms with Crippen molar-refractivity contribution in [3.63, 3.8) is 0 Å². The van der Waals surface area contributed by atoms with Gasteiger partial charge in [-0.2, -0.15) is 12.7 Å². The molecule has 11 nitrogen and oxygen atoms in total. The number of benzene rings is 2. The van der Waals surface area contributed by atoms with Crippen molar-refractivity contribution in [3.8, 4) is 5.69 Å². The summed E-state index contributed by atoms with van der Waals surface area (Å²) in [5.41, 5.74) is 0.319. The van der Waals surface area contributed by atoms with Gasteiger partial charge in [0.2, 0.25) is 0 Å². The van der Waals surface area contributed by atoms with Gasteiger partial charge in [-0.1, -0.05) is 11.6 Å². The molecule has 5 N–H and O–H groups in total. The average molecular weight is 539 g/mol. The van der Waals surface area contributed by atoms with Crippen LogP contribution in [0.4, 0.5) is 20.6 Å². The number of amides is 2. The summed E-state index contributed by atoms with van der Waals surface area (Å²) in [5, 5.41) is 2.54. The average Bonchev–Trinajstić information content (AvgIpc) is 3.27. The Hall–Kier alpha value is -3.72. The Morgan fingerprint density at radius 1 is 1.17 bits per heavy atom. The topological polar surface area (TPSA) is 159 Å². The lowest BCUT2D eigenvalue weighted by Gasteiger charge is -2.21. The van der Waals surface area contributed by atoms with E-state index >= 15 is 0 Å². The second-order valence-corrected chi connectivity index (χ2v) is 10.7. The molecule has 35 heavy (non-hydrogen) atoms. The van der Waals surface area contributed by atoms with E-state index in [0.29, 0.717) is 4.31 Å². The van der Waals surface area contributed by atoms with Crippen molar-refractivity contribution < 1.29 is 17.6 Å². The lowest BCUT2D eigenvalue weighted by atomic mass is 10.2. The van der Waals surface area contributed by atoms with Crippen LogP contribution in [0.3, 0.4) is 0 Å². The first-order valence-corrected chi connectivity index (χ1v) is 12.3. The van der Waals surface area contributed by atoms with Crippen molar-refractivity contribution in [2.75, 3.05) is 16.7 Å². The number of nitrogens with zero attached hydrogens (tertiary/aromatic N) is 2. The van der Waals surface area contributed by atoms with Gasteiger partial charge in [0.15, 0.2) is 0 Å². The Labute approximate surface area is 205 Å². The minimum Gasteiger partial charge on any atom is -0.386 e. The highest BCUT2D eigenvalue weighted by Gasteiger charge is 2.32. The van der Waals surface area contributed by atoms with Gasteiger partial charge in [-0.3, -0.25) is 10.2 Å². The normalized spacial score (nSPS) is 11.4. The van der Waals surface area contributed by atoms with Gasteiger partial charge in [-0.15, -0.1) is 11.3 Å². The molecule has 0 radical (unpaired) electrons. The largest absolute Gasteiger partial charge is 0.386 e. The fourth-order valence-corrected chi connectivity index (χ4v) is 6.27. The standard InChI is InChI=1S/C20H16ClFN6O5S2/c1-24-15-9-14-12(8-13(15)22)18(29)27(19(30)25-14)10-2-4-11(5-3-10)28(20(31)26-23)35(32,33)17-7-6-16(21)34-17/h2-9,24H,23H2,1H3,(H,25,30)(H,26,31). The van der Waals surface area contributed by atoms with E-state index in [1.54, 1.807) is 5.43 Å². The minimum atomic E-state index is -4.39. The highest BCUT2D eigenvalue weighted by Crippen LogP contribution is 2.31. The third kappa shape index (κ3) is 4.27. The molecule has 0 bridgehead atoms. The Kier molecular flexibility index (Phi) is 6.38. The van der Waals surface area contributed by atoms with Crippen LogP contribution in [0.1, 0.15) is 0 Å². The van der Waals surface area contributed by atoms with Crippen molar-refractivity contribution in [2.24, 2.45) is 5.84 Å². The fraction of sp³-hybridized carbons (Fsp3) is 0.0500. The van der Waals surface area contributed by atoms with E-state index in [0.717, 1.165) is 22.0 Å². The monoisotopic (exact) mass is 538 g/mol. The van der Waals surface area contributed by atoms with Crippen molar-refractivity contribution in [2.45, 2.75) is 4.21 Å². The number of aromatic amines is 1. The van der Waals surface area contributed by atoms with Crippen LogP contribution in [-0.4, -0.2) is 31.0 Å². The number of carbonyl (C=O) groups excluding carboxylic acids is 1. The molecule has 0 saturated heterocycles. The Morgan fingerprint density at radius 3 is 2.43 bits per heavy atom. The maximum atomic E-state index is 14.2. The molecule has 0 aliphatic rings. The lowest BCUT2D eigenvalue weighted by Crippen LogP contribution is -2.46. The molecule has 0 fully saturated rings. The van der Waals surface area contributed by atoms with Crippen LogP contribution in [0, 0.1) is 5.82 Å². The molecule has 0 aliphatic carbocycles. The number of sulfonamides is 1. The van der Waals surface area contributed by atoms with E-state index in [4.69, 9.17) is 17.4 Å². The van der Waals surface area contributed by atoms with Crippen molar-refractivity contribution in [3.05, 3.63) is 79.5 Å². The van der Waals surface area contributed by atoms with Crippen molar-refractivity contribution in [1.29, 1.82) is 0 Å². The van der Waals surface area contributed by atoms with E-state index in [-0.39, 0.29) is 36.5 Å². The molecular weight excluding hydrogens is 523 g/mol. The maximum Gasteiger partial charge on any atom is 0.350 e. The zero-order chi connectivity index (χ0) is 25.5. The molecule has 2 amide bonds. The Morgan fingerprint density at radius 2 is 1.86 bits per heavy atom. The zero-order valence-corrected chi connectivity index (χ0v) is 20.1. The smallest absolute Gasteiger partial charge is 0.350 e. The second-order valence-electron chi connectivity index (χ2n) is 6.99. The van der Waals surface area contributed by atoms with E-state index in [1.165, 1.54) is 49.5 Å². The molecule has 2 aromatic carbocycles. The molecule has 0 unspecified atom stereocenters. The molecule has 4 rings (SSSR count). The molecule has 4 aromatic rings. The summed E-state index contributed by atoms with van der Waals surface area (Å²) in [6.07, 6.45) is 0. The zero-order valence-electron chi connectivity index (χ0n) is 17.7. The molecule has 2 aromatic heterocycles. The lowest BCUT2D eigenvalue weighted by molar-refractivity contribution is 0.249. The van der Waals surface area contributed by atoms with E-state index in [1.807, 2.05) is 0 Å². The van der Waals surface area contributed by atoms with Gasteiger partial charge in [0.05, 0.1) is 32.3 Å². The highest BCUT2D eigenvalue weighted by molar-refractivity contribution is 7.95. The number of halogens is 2. The summed E-state index contributed by atoms with van der Waals surface area (Å²) in [5.74, 6) is 4.50. The summed E-state index contributed by atoms with van der Waals surface area (Å²) < 4.78 is 41.5. The van der Waals surface area contributed by atoms with E-state index in [2.05, 4.69) is 10.3 Å². The number of thiophene rings is 1. The van der Waals surface area contributed by atoms with Crippen LogP contribution >= 0.6 is 22.9 Å². The first-order chi connectivity index (χ1) is 16.6. The number of aromatic nitrogens is 2. The molecule has 182 valence electrons. The third-order valence-corrected chi connectivity index (χ3v) is 8.36. The van der Waals surface area contributed by atoms with Crippen molar-refractivity contribution >= 4 is 61.3 Å². The summed E-state index contributed by atoms with van der Waals surface area (Å²) in [4.78, 5) is 40.5. The number of carbonyl (C=O) groups is 1. The molecular formula is C20H16ClFN6O5S2. The number of hydrogen-bond donors (Lipinski definition) is 4. The van der Waals surface area contributed by atoms with Gasteiger partial charge < -0.3 is 10.3 Å². The summed E-state index contributed by atoms with van der Waals surface area (Å²) in [7, 11) is -2.89. The summed E-state index contributed by atoms with van der Waals surface area (Å²) in [6, 6.07) is 8.66. The predicted molar refractivity (Wildman–Crippen MR) is 131 cm³/mol. The van der Waals surface area contributed by atoms with Gasteiger partial charge in [-0.25, -0.2) is 24.4 Å². The number of nitrogens with one attached hydrogen (secondary N) is 3. The van der Waals surface area contributed by atoms with Gasteiger partial charge in [0, 0.05) is 7.05 Å².